The van der Waals surface area contributed by atoms with E-state index in [1.165, 1.54) is 38.5 Å². The standard InChI is InChI=1S/C22H34N6O3/c29-20(25-30)15-18(10-6-9-17-7-2-1-3-8-17)19-16-28(26-31-19)22-21(23-11-12-24-22)27-13-4-5-14-27/h11-12,16-18,26,30H,1-10,13-15H2,(H,25,29)/t18-/m1/s1. The van der Waals surface area contributed by atoms with E-state index in [4.69, 9.17) is 10.0 Å². The Hall–Kier alpha value is -2.39. The van der Waals surface area contributed by atoms with E-state index in [1.54, 1.807) is 22.9 Å². The molecule has 1 saturated carbocycles. The van der Waals surface area contributed by atoms with Crippen LogP contribution in [-0.4, -0.2) is 34.2 Å². The van der Waals surface area contributed by atoms with Crippen LogP contribution in [0.25, 0.3) is 0 Å². The Morgan fingerprint density at radius 2 is 1.90 bits per heavy atom. The van der Waals surface area contributed by atoms with Gasteiger partial charge in [-0.05, 0) is 25.2 Å². The van der Waals surface area contributed by atoms with Crippen LogP contribution in [0.4, 0.5) is 11.6 Å². The van der Waals surface area contributed by atoms with E-state index in [2.05, 4.69) is 20.5 Å². The van der Waals surface area contributed by atoms with Crippen LogP contribution >= 0.6 is 0 Å². The lowest BCUT2D eigenvalue weighted by atomic mass is 9.84. The van der Waals surface area contributed by atoms with Crippen molar-refractivity contribution in [1.82, 2.24) is 21.0 Å². The van der Waals surface area contributed by atoms with Crippen LogP contribution in [0.2, 0.25) is 0 Å². The number of amides is 1. The summed E-state index contributed by atoms with van der Waals surface area (Å²) in [6, 6.07) is 0. The third-order valence-corrected chi connectivity index (χ3v) is 6.66. The van der Waals surface area contributed by atoms with Gasteiger partial charge >= 0.3 is 0 Å². The molecule has 0 unspecified atom stereocenters. The van der Waals surface area contributed by atoms with Crippen LogP contribution in [0.5, 0.6) is 0 Å². The molecular weight excluding hydrogens is 396 g/mol. The smallest absolute Gasteiger partial charge is 0.244 e. The van der Waals surface area contributed by atoms with E-state index in [1.807, 2.05) is 6.20 Å². The van der Waals surface area contributed by atoms with Gasteiger partial charge in [0.1, 0.15) is 5.76 Å². The Morgan fingerprint density at radius 3 is 2.65 bits per heavy atom. The molecule has 0 spiro atoms. The van der Waals surface area contributed by atoms with Gasteiger partial charge < -0.3 is 9.74 Å². The summed E-state index contributed by atoms with van der Waals surface area (Å²) < 4.78 is 0. The first-order chi connectivity index (χ1) is 15.2. The number of anilines is 2. The zero-order valence-electron chi connectivity index (χ0n) is 18.1. The summed E-state index contributed by atoms with van der Waals surface area (Å²) in [6.07, 6.45) is 17.5. The first kappa shape index (κ1) is 21.8. The van der Waals surface area contributed by atoms with Crippen LogP contribution in [0, 0.1) is 11.8 Å². The van der Waals surface area contributed by atoms with Gasteiger partial charge in [-0.2, -0.15) is 0 Å². The maximum Gasteiger partial charge on any atom is 0.244 e. The molecule has 31 heavy (non-hydrogen) atoms. The van der Waals surface area contributed by atoms with Gasteiger partial charge in [0, 0.05) is 37.8 Å². The summed E-state index contributed by atoms with van der Waals surface area (Å²) in [4.78, 5) is 29.0. The highest BCUT2D eigenvalue weighted by molar-refractivity contribution is 5.75. The van der Waals surface area contributed by atoms with Crippen molar-refractivity contribution in [2.75, 3.05) is 23.0 Å². The highest BCUT2D eigenvalue weighted by atomic mass is 16.7. The van der Waals surface area contributed by atoms with Gasteiger partial charge in [-0.3, -0.25) is 10.0 Å². The zero-order chi connectivity index (χ0) is 21.5. The number of hydrogen-bond donors (Lipinski definition) is 3. The second kappa shape index (κ2) is 10.8. The molecule has 2 fully saturated rings. The van der Waals surface area contributed by atoms with E-state index in [0.717, 1.165) is 50.5 Å². The van der Waals surface area contributed by atoms with Crippen molar-refractivity contribution in [2.45, 2.75) is 70.6 Å². The Balaban J connectivity index is 1.43. The minimum Gasteiger partial charge on any atom is -0.391 e. The Kier molecular flexibility index (Phi) is 7.58. The lowest BCUT2D eigenvalue weighted by Crippen LogP contribution is -2.31. The number of hydroxylamine groups is 1. The molecule has 9 heteroatoms. The molecule has 9 nitrogen and oxygen atoms in total. The molecule has 0 aromatic carbocycles. The van der Waals surface area contributed by atoms with Crippen molar-refractivity contribution in [2.24, 2.45) is 11.8 Å². The van der Waals surface area contributed by atoms with Crippen molar-refractivity contribution >= 4 is 17.5 Å². The molecule has 1 atom stereocenters. The molecular formula is C22H34N6O3. The number of aromatic nitrogens is 2. The number of rotatable bonds is 9. The summed E-state index contributed by atoms with van der Waals surface area (Å²) in [5.41, 5.74) is 4.68. The average Bonchev–Trinajstić information content (AvgIpc) is 3.51. The highest BCUT2D eigenvalue weighted by Gasteiger charge is 2.29. The molecule has 1 amide bonds. The van der Waals surface area contributed by atoms with Crippen molar-refractivity contribution in [3.8, 4) is 0 Å². The predicted octanol–water partition coefficient (Wildman–Crippen LogP) is 3.44. The van der Waals surface area contributed by atoms with Crippen molar-refractivity contribution < 1.29 is 14.8 Å². The van der Waals surface area contributed by atoms with Crippen LogP contribution in [0.1, 0.15) is 70.6 Å². The van der Waals surface area contributed by atoms with Gasteiger partial charge in [-0.1, -0.05) is 50.5 Å². The molecule has 170 valence electrons. The molecule has 1 aliphatic carbocycles. The molecule has 1 saturated heterocycles. The van der Waals surface area contributed by atoms with Gasteiger partial charge in [-0.15, -0.1) is 0 Å². The van der Waals surface area contributed by atoms with E-state index < -0.39 is 5.91 Å². The largest absolute Gasteiger partial charge is 0.391 e. The van der Waals surface area contributed by atoms with Crippen LogP contribution in [0.3, 0.4) is 0 Å². The Morgan fingerprint density at radius 1 is 1.16 bits per heavy atom. The van der Waals surface area contributed by atoms with Crippen LogP contribution in [-0.2, 0) is 9.63 Å². The van der Waals surface area contributed by atoms with E-state index in [0.29, 0.717) is 11.6 Å². The van der Waals surface area contributed by atoms with Crippen molar-refractivity contribution in [1.29, 1.82) is 0 Å². The number of carbonyl (C=O) groups is 1. The Bertz CT molecular complexity index is 761. The first-order valence-corrected chi connectivity index (χ1v) is 11.7. The SMILES string of the molecule is O=C(C[C@@H](CCCC1CCCCC1)C1=CN(c2nccnc2N2CCCC2)NO1)NO. The van der Waals surface area contributed by atoms with Gasteiger partial charge in [0.05, 0.1) is 6.20 Å². The maximum absolute atomic E-state index is 11.9. The minimum absolute atomic E-state index is 0.111. The molecule has 1 aromatic rings. The summed E-state index contributed by atoms with van der Waals surface area (Å²) in [7, 11) is 0. The number of hydrazine groups is 1. The monoisotopic (exact) mass is 430 g/mol. The highest BCUT2D eigenvalue weighted by Crippen LogP contribution is 2.33. The minimum atomic E-state index is -0.400. The lowest BCUT2D eigenvalue weighted by Gasteiger charge is -2.22. The van der Waals surface area contributed by atoms with Gasteiger partial charge in [0.2, 0.25) is 5.91 Å². The number of allylic oxidation sites excluding steroid dienone is 1. The second-order valence-corrected chi connectivity index (χ2v) is 8.86. The van der Waals surface area contributed by atoms with Gasteiger partial charge in [0.25, 0.3) is 0 Å². The Labute approximate surface area is 183 Å². The molecule has 4 rings (SSSR count). The fraction of sp³-hybridized carbons (Fsp3) is 0.682. The number of nitrogens with one attached hydrogen (secondary N) is 2. The molecule has 3 aliphatic rings. The molecule has 3 N–H and O–H groups in total. The molecule has 3 heterocycles. The second-order valence-electron chi connectivity index (χ2n) is 8.86. The lowest BCUT2D eigenvalue weighted by molar-refractivity contribution is -0.130. The van der Waals surface area contributed by atoms with E-state index >= 15 is 0 Å². The molecule has 1 aromatic heterocycles. The van der Waals surface area contributed by atoms with Gasteiger partial charge in [0.15, 0.2) is 11.6 Å². The normalized spacial score (nSPS) is 20.5. The van der Waals surface area contributed by atoms with Gasteiger partial charge in [-0.25, -0.2) is 20.5 Å². The molecule has 2 aliphatic heterocycles. The third-order valence-electron chi connectivity index (χ3n) is 6.66. The first-order valence-electron chi connectivity index (χ1n) is 11.7. The van der Waals surface area contributed by atoms with Crippen LogP contribution < -0.4 is 21.0 Å². The van der Waals surface area contributed by atoms with Crippen LogP contribution in [0.15, 0.2) is 24.4 Å². The molecule has 0 radical (unpaired) electrons. The number of carbonyl (C=O) groups excluding carboxylic acids is 1. The third kappa shape index (κ3) is 5.65. The predicted molar refractivity (Wildman–Crippen MR) is 117 cm³/mol. The summed E-state index contributed by atoms with van der Waals surface area (Å²) in [5.74, 6) is 2.49. The quantitative estimate of drug-likeness (QED) is 0.404. The van der Waals surface area contributed by atoms with Crippen molar-refractivity contribution in [3.63, 3.8) is 0 Å². The fourth-order valence-electron chi connectivity index (χ4n) is 4.96. The summed E-state index contributed by atoms with van der Waals surface area (Å²) in [5, 5.41) is 10.8. The average molecular weight is 431 g/mol. The van der Waals surface area contributed by atoms with E-state index in [-0.39, 0.29) is 12.3 Å². The summed E-state index contributed by atoms with van der Waals surface area (Å²) in [6.45, 7) is 1.94. The number of hydrogen-bond acceptors (Lipinski definition) is 8. The fourth-order valence-corrected chi connectivity index (χ4v) is 4.96. The number of nitrogens with zero attached hydrogens (tertiary/aromatic N) is 4. The maximum atomic E-state index is 11.9. The summed E-state index contributed by atoms with van der Waals surface area (Å²) >= 11 is 0. The van der Waals surface area contributed by atoms with Crippen molar-refractivity contribution in [3.05, 3.63) is 24.4 Å². The molecule has 0 bridgehead atoms. The topological polar surface area (TPSA) is 103 Å². The van der Waals surface area contributed by atoms with E-state index in [9.17, 15) is 4.79 Å². The zero-order valence-corrected chi connectivity index (χ0v) is 18.1.